The average Bonchev–Trinajstić information content (AvgIpc) is 2.87. The molecule has 2 aromatic rings. The van der Waals surface area contributed by atoms with Gasteiger partial charge in [-0.3, -0.25) is 9.59 Å². The van der Waals surface area contributed by atoms with E-state index in [1.54, 1.807) is 42.7 Å². The quantitative estimate of drug-likeness (QED) is 0.691. The van der Waals surface area contributed by atoms with Crippen molar-refractivity contribution < 1.29 is 19.1 Å². The van der Waals surface area contributed by atoms with Crippen molar-refractivity contribution in [1.29, 1.82) is 0 Å². The monoisotopic (exact) mass is 325 g/mol. The maximum Gasteiger partial charge on any atom is 0.340 e. The van der Waals surface area contributed by atoms with Gasteiger partial charge in [-0.15, -0.1) is 0 Å². The van der Waals surface area contributed by atoms with Crippen molar-refractivity contribution >= 4 is 17.5 Å². The van der Waals surface area contributed by atoms with Crippen LogP contribution in [0.5, 0.6) is 0 Å². The van der Waals surface area contributed by atoms with Crippen LogP contribution >= 0.6 is 0 Å². The average molecular weight is 325 g/mol. The highest BCUT2D eigenvalue weighted by Gasteiger charge is 2.38. The molecule has 5 heteroatoms. The standard InChI is InChI=1S/C19H19NO4/c1-4-10-20-11(3)14(19(23)24-5-2)15-16(20)18(22)13-9-7-6-8-12(13)17(15)21/h6-9H,4-5,10H2,1-3H3. The molecule has 3 rings (SSSR count). The lowest BCUT2D eigenvalue weighted by molar-refractivity contribution is 0.0522. The van der Waals surface area contributed by atoms with E-state index in [0.717, 1.165) is 6.42 Å². The van der Waals surface area contributed by atoms with Crippen LogP contribution in [0.4, 0.5) is 0 Å². The Morgan fingerprint density at radius 1 is 1.08 bits per heavy atom. The molecule has 1 aliphatic carbocycles. The van der Waals surface area contributed by atoms with Gasteiger partial charge < -0.3 is 9.30 Å². The lowest BCUT2D eigenvalue weighted by atomic mass is 9.86. The molecule has 0 bridgehead atoms. The molecule has 1 aliphatic rings. The van der Waals surface area contributed by atoms with Gasteiger partial charge in [0, 0.05) is 23.4 Å². The molecule has 1 heterocycles. The number of carbonyl (C=O) groups excluding carboxylic acids is 3. The number of carbonyl (C=O) groups is 3. The van der Waals surface area contributed by atoms with Crippen LogP contribution in [0.1, 0.15) is 68.3 Å². The normalized spacial score (nSPS) is 12.8. The van der Waals surface area contributed by atoms with Crippen LogP contribution < -0.4 is 0 Å². The van der Waals surface area contributed by atoms with Crippen LogP contribution in [0.25, 0.3) is 0 Å². The zero-order valence-electron chi connectivity index (χ0n) is 14.0. The molecule has 0 saturated carbocycles. The minimum Gasteiger partial charge on any atom is -0.462 e. The maximum absolute atomic E-state index is 13.0. The molecule has 1 aromatic carbocycles. The van der Waals surface area contributed by atoms with E-state index in [9.17, 15) is 14.4 Å². The number of ketones is 2. The van der Waals surface area contributed by atoms with Gasteiger partial charge in [-0.25, -0.2) is 4.79 Å². The minimum atomic E-state index is -0.554. The summed E-state index contributed by atoms with van der Waals surface area (Å²) < 4.78 is 6.90. The highest BCUT2D eigenvalue weighted by atomic mass is 16.5. The summed E-state index contributed by atoms with van der Waals surface area (Å²) in [5.41, 5.74) is 2.04. The fourth-order valence-electron chi connectivity index (χ4n) is 3.29. The summed E-state index contributed by atoms with van der Waals surface area (Å²) in [6, 6.07) is 6.73. The van der Waals surface area contributed by atoms with E-state index >= 15 is 0 Å². The number of fused-ring (bicyclic) bond motifs is 2. The summed E-state index contributed by atoms with van der Waals surface area (Å²) in [5.74, 6) is -1.06. The molecule has 24 heavy (non-hydrogen) atoms. The molecule has 0 fully saturated rings. The molecular weight excluding hydrogens is 306 g/mol. The maximum atomic E-state index is 13.0. The SMILES string of the molecule is CCCn1c(C)c(C(=O)OCC)c2c1C(=O)c1ccccc1C2=O. The Balaban J connectivity index is 2.32. The van der Waals surface area contributed by atoms with Gasteiger partial charge in [0.15, 0.2) is 5.78 Å². The predicted molar refractivity (Wildman–Crippen MR) is 88.7 cm³/mol. The number of hydrogen-bond donors (Lipinski definition) is 0. The molecule has 0 saturated heterocycles. The Kier molecular flexibility index (Phi) is 4.09. The Hall–Kier alpha value is -2.69. The second-order valence-corrected chi connectivity index (χ2v) is 5.76. The van der Waals surface area contributed by atoms with Crippen molar-refractivity contribution in [2.24, 2.45) is 0 Å². The number of aromatic nitrogens is 1. The van der Waals surface area contributed by atoms with E-state index in [0.29, 0.717) is 29.1 Å². The predicted octanol–water partition coefficient (Wildman–Crippen LogP) is 3.16. The first-order chi connectivity index (χ1) is 11.5. The van der Waals surface area contributed by atoms with Gasteiger partial charge in [-0.2, -0.15) is 0 Å². The first-order valence-corrected chi connectivity index (χ1v) is 8.11. The van der Waals surface area contributed by atoms with Crippen LogP contribution in [0.15, 0.2) is 24.3 Å². The van der Waals surface area contributed by atoms with Crippen molar-refractivity contribution in [2.75, 3.05) is 6.61 Å². The lowest BCUT2D eigenvalue weighted by Crippen LogP contribution is -2.24. The third-order valence-electron chi connectivity index (χ3n) is 4.31. The molecule has 0 atom stereocenters. The zero-order valence-corrected chi connectivity index (χ0v) is 14.0. The van der Waals surface area contributed by atoms with E-state index < -0.39 is 5.97 Å². The van der Waals surface area contributed by atoms with Crippen molar-refractivity contribution in [3.8, 4) is 0 Å². The summed E-state index contributed by atoms with van der Waals surface area (Å²) in [6.45, 7) is 6.23. The number of benzene rings is 1. The van der Waals surface area contributed by atoms with Crippen LogP contribution in [-0.4, -0.2) is 28.7 Å². The molecular formula is C19H19NO4. The summed E-state index contributed by atoms with van der Waals surface area (Å²) in [7, 11) is 0. The second-order valence-electron chi connectivity index (χ2n) is 5.76. The van der Waals surface area contributed by atoms with Crippen LogP contribution in [0, 0.1) is 6.92 Å². The highest BCUT2D eigenvalue weighted by Crippen LogP contribution is 2.34. The molecule has 5 nitrogen and oxygen atoms in total. The van der Waals surface area contributed by atoms with Gasteiger partial charge in [0.05, 0.1) is 17.7 Å². The van der Waals surface area contributed by atoms with Gasteiger partial charge in [0.2, 0.25) is 5.78 Å². The highest BCUT2D eigenvalue weighted by molar-refractivity contribution is 6.30. The van der Waals surface area contributed by atoms with Crippen LogP contribution in [0.2, 0.25) is 0 Å². The number of esters is 1. The largest absolute Gasteiger partial charge is 0.462 e. The number of nitrogens with zero attached hydrogens (tertiary/aromatic N) is 1. The summed E-state index contributed by atoms with van der Waals surface area (Å²) in [4.78, 5) is 38.4. The van der Waals surface area contributed by atoms with E-state index in [1.165, 1.54) is 0 Å². The molecule has 0 unspecified atom stereocenters. The molecule has 0 radical (unpaired) electrons. The molecule has 0 amide bonds. The molecule has 0 N–H and O–H groups in total. The van der Waals surface area contributed by atoms with Crippen molar-refractivity contribution in [2.45, 2.75) is 33.7 Å². The van der Waals surface area contributed by atoms with Crippen molar-refractivity contribution in [1.82, 2.24) is 4.57 Å². The third kappa shape index (κ3) is 2.19. The summed E-state index contributed by atoms with van der Waals surface area (Å²) in [6.07, 6.45) is 0.785. The zero-order chi connectivity index (χ0) is 17.4. The minimum absolute atomic E-state index is 0.183. The van der Waals surface area contributed by atoms with Gasteiger partial charge in [0.25, 0.3) is 0 Å². The van der Waals surface area contributed by atoms with Crippen LogP contribution in [-0.2, 0) is 11.3 Å². The van der Waals surface area contributed by atoms with Gasteiger partial charge >= 0.3 is 5.97 Å². The topological polar surface area (TPSA) is 65.4 Å². The van der Waals surface area contributed by atoms with Gasteiger partial charge in [-0.1, -0.05) is 31.2 Å². The Morgan fingerprint density at radius 2 is 1.71 bits per heavy atom. The van der Waals surface area contributed by atoms with Gasteiger partial charge in [-0.05, 0) is 20.3 Å². The summed E-state index contributed by atoms with van der Waals surface area (Å²) in [5, 5.41) is 0. The Morgan fingerprint density at radius 3 is 2.29 bits per heavy atom. The fraction of sp³-hybridized carbons (Fsp3) is 0.316. The molecule has 124 valence electrons. The molecule has 0 aliphatic heterocycles. The van der Waals surface area contributed by atoms with E-state index in [1.807, 2.05) is 6.92 Å². The Bertz CT molecular complexity index is 860. The molecule has 1 aromatic heterocycles. The van der Waals surface area contributed by atoms with Crippen LogP contribution in [0.3, 0.4) is 0 Å². The molecule has 0 spiro atoms. The van der Waals surface area contributed by atoms with Crippen molar-refractivity contribution in [3.05, 3.63) is 57.9 Å². The third-order valence-corrected chi connectivity index (χ3v) is 4.31. The number of rotatable bonds is 4. The van der Waals surface area contributed by atoms with E-state index in [4.69, 9.17) is 4.74 Å². The smallest absolute Gasteiger partial charge is 0.340 e. The van der Waals surface area contributed by atoms with Gasteiger partial charge in [0.1, 0.15) is 5.69 Å². The lowest BCUT2D eigenvalue weighted by Gasteiger charge is -2.17. The Labute approximate surface area is 140 Å². The first kappa shape index (κ1) is 16.2. The second kappa shape index (κ2) is 6.07. The fourth-order valence-corrected chi connectivity index (χ4v) is 3.29. The number of hydrogen-bond acceptors (Lipinski definition) is 4. The summed E-state index contributed by atoms with van der Waals surface area (Å²) >= 11 is 0. The van der Waals surface area contributed by atoms with E-state index in [2.05, 4.69) is 0 Å². The van der Waals surface area contributed by atoms with Crippen molar-refractivity contribution in [3.63, 3.8) is 0 Å². The first-order valence-electron chi connectivity index (χ1n) is 8.11. The van der Waals surface area contributed by atoms with E-state index in [-0.39, 0.29) is 29.3 Å². The number of ether oxygens (including phenoxy) is 1.